The number of unbranched alkanes of at least 4 members (excludes halogenated alkanes) is 1. The fourth-order valence-corrected chi connectivity index (χ4v) is 4.22. The number of hydrogen-bond donors (Lipinski definition) is 0. The average molecular weight is 484 g/mol. The average Bonchev–Trinajstić information content (AvgIpc) is 3.15. The van der Waals surface area contributed by atoms with Crippen LogP contribution in [0.3, 0.4) is 0 Å². The first-order valence-corrected chi connectivity index (χ1v) is 9.63. The summed E-state index contributed by atoms with van der Waals surface area (Å²) in [6, 6.07) is 22.2. The van der Waals surface area contributed by atoms with Crippen LogP contribution in [0.15, 0.2) is 77.9 Å². The van der Waals surface area contributed by atoms with Gasteiger partial charge in [-0.1, -0.05) is 124 Å². The van der Waals surface area contributed by atoms with E-state index in [0.29, 0.717) is 5.92 Å². The smallest absolute Gasteiger partial charge is 1.00 e. The number of allylic oxidation sites excluding steroid dienone is 4. The zero-order chi connectivity index (χ0) is 17.7. The molecule has 0 saturated carbocycles. The van der Waals surface area contributed by atoms with Gasteiger partial charge in [0.15, 0.2) is 0 Å². The van der Waals surface area contributed by atoms with Gasteiger partial charge in [0.05, 0.1) is 0 Å². The van der Waals surface area contributed by atoms with Gasteiger partial charge in [0.2, 0.25) is 0 Å². The summed E-state index contributed by atoms with van der Waals surface area (Å²) in [6.45, 7) is 6.88. The third-order valence-corrected chi connectivity index (χ3v) is 5.42. The third kappa shape index (κ3) is 6.49. The summed E-state index contributed by atoms with van der Waals surface area (Å²) in [5, 5.41) is 0. The standard InChI is InChI=1S/C25H29.3ClH.Ti/c1-4-5-19-25(21-13-8-6-9-14-21,22-15-10-7-11-16-22)24-18-12-17-23(24)20(2)3;;;;/h6-16,20H,4-5,18-19H2,1-3H3;3*1H;/q-1;;;;+4/p-3. The molecule has 1 aliphatic carbocycles. The maximum atomic E-state index is 3.58. The van der Waals surface area contributed by atoms with Crippen molar-refractivity contribution in [2.75, 3.05) is 0 Å². The number of halogens is 3. The monoisotopic (exact) mass is 482 g/mol. The van der Waals surface area contributed by atoms with E-state index in [1.165, 1.54) is 29.5 Å². The molecule has 0 fully saturated rings. The minimum absolute atomic E-state index is 0. The Labute approximate surface area is 210 Å². The summed E-state index contributed by atoms with van der Waals surface area (Å²) in [4.78, 5) is 0. The quantitative estimate of drug-likeness (QED) is 0.312. The second kappa shape index (κ2) is 14.5. The molecule has 0 amide bonds. The van der Waals surface area contributed by atoms with E-state index in [0.717, 1.165) is 12.8 Å². The van der Waals surface area contributed by atoms with Crippen LogP contribution in [-0.4, -0.2) is 0 Å². The molecule has 154 valence electrons. The normalized spacial score (nSPS) is 12.6. The largest absolute Gasteiger partial charge is 4.00 e. The van der Waals surface area contributed by atoms with Crippen LogP contribution in [0.1, 0.15) is 57.6 Å². The van der Waals surface area contributed by atoms with Crippen LogP contribution in [0, 0.1) is 12.0 Å². The maximum absolute atomic E-state index is 3.58. The van der Waals surface area contributed by atoms with Crippen LogP contribution < -0.4 is 37.2 Å². The molecular formula is C25H29Cl3Ti. The summed E-state index contributed by atoms with van der Waals surface area (Å²) in [5.41, 5.74) is 5.75. The van der Waals surface area contributed by atoms with Gasteiger partial charge in [0.25, 0.3) is 0 Å². The van der Waals surface area contributed by atoms with Crippen LogP contribution >= 0.6 is 0 Å². The molecule has 1 aliphatic rings. The molecule has 3 rings (SSSR count). The SMILES string of the molecule is CCCCC(C1=C(C(C)C)[C-]=CC1)(c1ccccc1)c1ccccc1.[Cl-].[Cl-].[Cl-].[Ti+4]. The predicted molar refractivity (Wildman–Crippen MR) is 107 cm³/mol. The van der Waals surface area contributed by atoms with Crippen molar-refractivity contribution in [2.45, 2.75) is 51.9 Å². The number of benzene rings is 2. The molecule has 0 unspecified atom stereocenters. The van der Waals surface area contributed by atoms with Crippen molar-refractivity contribution in [2.24, 2.45) is 5.92 Å². The molecule has 0 bridgehead atoms. The van der Waals surface area contributed by atoms with Gasteiger partial charge in [0.1, 0.15) is 0 Å². The van der Waals surface area contributed by atoms with Crippen molar-refractivity contribution in [3.8, 4) is 0 Å². The van der Waals surface area contributed by atoms with Crippen molar-refractivity contribution in [3.05, 3.63) is 95.1 Å². The number of hydrogen-bond acceptors (Lipinski definition) is 0. The second-order valence-corrected chi connectivity index (χ2v) is 7.34. The minimum atomic E-state index is -0.0435. The second-order valence-electron chi connectivity index (χ2n) is 7.34. The fourth-order valence-electron chi connectivity index (χ4n) is 4.22. The Morgan fingerprint density at radius 3 is 1.76 bits per heavy atom. The van der Waals surface area contributed by atoms with Crippen LogP contribution in [0.2, 0.25) is 0 Å². The molecule has 0 heterocycles. The summed E-state index contributed by atoms with van der Waals surface area (Å²) in [6.07, 6.45) is 10.4. The first-order chi connectivity index (χ1) is 12.2. The fraction of sp³-hybridized carbons (Fsp3) is 0.360. The van der Waals surface area contributed by atoms with Gasteiger partial charge in [-0.15, -0.1) is 0 Å². The molecule has 0 nitrogen and oxygen atoms in total. The van der Waals surface area contributed by atoms with Crippen molar-refractivity contribution >= 4 is 0 Å². The van der Waals surface area contributed by atoms with E-state index in [9.17, 15) is 0 Å². The van der Waals surface area contributed by atoms with Crippen LogP contribution in [-0.2, 0) is 27.1 Å². The van der Waals surface area contributed by atoms with E-state index in [2.05, 4.69) is 93.6 Å². The van der Waals surface area contributed by atoms with Crippen molar-refractivity contribution in [1.29, 1.82) is 0 Å². The molecule has 0 aromatic heterocycles. The molecular weight excluding hydrogens is 455 g/mol. The molecule has 0 radical (unpaired) electrons. The van der Waals surface area contributed by atoms with Crippen molar-refractivity contribution < 1.29 is 58.9 Å². The minimum Gasteiger partial charge on any atom is -1.00 e. The Balaban J connectivity index is 0. The van der Waals surface area contributed by atoms with Crippen LogP contribution in [0.25, 0.3) is 0 Å². The Morgan fingerprint density at radius 2 is 1.34 bits per heavy atom. The van der Waals surface area contributed by atoms with E-state index in [-0.39, 0.29) is 64.4 Å². The van der Waals surface area contributed by atoms with Gasteiger partial charge in [-0.05, 0) is 5.41 Å². The molecule has 0 saturated heterocycles. The molecule has 0 aliphatic heterocycles. The third-order valence-electron chi connectivity index (χ3n) is 5.42. The van der Waals surface area contributed by atoms with E-state index in [4.69, 9.17) is 0 Å². The summed E-state index contributed by atoms with van der Waals surface area (Å²) >= 11 is 0. The summed E-state index contributed by atoms with van der Waals surface area (Å²) in [5.74, 6) is 0.502. The Hall–Kier alpha value is -0.496. The number of rotatable bonds is 7. The van der Waals surface area contributed by atoms with Gasteiger partial charge in [-0.2, -0.15) is 11.6 Å². The first kappa shape index (κ1) is 30.7. The van der Waals surface area contributed by atoms with E-state index in [1.807, 2.05) is 0 Å². The van der Waals surface area contributed by atoms with E-state index < -0.39 is 0 Å². The Bertz CT molecular complexity index is 713. The van der Waals surface area contributed by atoms with Gasteiger partial charge < -0.3 is 37.2 Å². The van der Waals surface area contributed by atoms with E-state index >= 15 is 0 Å². The van der Waals surface area contributed by atoms with Gasteiger partial charge >= 0.3 is 21.7 Å². The molecule has 0 atom stereocenters. The van der Waals surface area contributed by atoms with Gasteiger partial charge in [0, 0.05) is 0 Å². The maximum Gasteiger partial charge on any atom is 4.00 e. The Kier molecular flexibility index (Phi) is 15.3. The zero-order valence-corrected chi connectivity index (χ0v) is 21.2. The molecule has 29 heavy (non-hydrogen) atoms. The van der Waals surface area contributed by atoms with Gasteiger partial charge in [-0.25, -0.2) is 5.57 Å². The topological polar surface area (TPSA) is 0 Å². The molecule has 2 aromatic carbocycles. The molecule has 0 spiro atoms. The van der Waals surface area contributed by atoms with E-state index in [1.54, 1.807) is 5.57 Å². The zero-order valence-electron chi connectivity index (χ0n) is 17.4. The first-order valence-electron chi connectivity index (χ1n) is 9.63. The summed E-state index contributed by atoms with van der Waals surface area (Å²) in [7, 11) is 0. The van der Waals surface area contributed by atoms with Crippen molar-refractivity contribution in [1.82, 2.24) is 0 Å². The van der Waals surface area contributed by atoms with Crippen LogP contribution in [0.4, 0.5) is 0 Å². The predicted octanol–water partition coefficient (Wildman–Crippen LogP) is -2.11. The molecule has 2 aromatic rings. The molecule has 0 N–H and O–H groups in total. The van der Waals surface area contributed by atoms with Gasteiger partial charge in [-0.3, -0.25) is 6.08 Å². The molecule has 4 heteroatoms. The summed E-state index contributed by atoms with van der Waals surface area (Å²) < 4.78 is 0. The van der Waals surface area contributed by atoms with Crippen molar-refractivity contribution in [3.63, 3.8) is 0 Å². The van der Waals surface area contributed by atoms with Crippen LogP contribution in [0.5, 0.6) is 0 Å². The Morgan fingerprint density at radius 1 is 0.862 bits per heavy atom.